The van der Waals surface area contributed by atoms with Crippen molar-refractivity contribution < 1.29 is 24.2 Å². The average molecular weight is 500 g/mol. The van der Waals surface area contributed by atoms with Crippen molar-refractivity contribution in [3.05, 3.63) is 58.1 Å². The summed E-state index contributed by atoms with van der Waals surface area (Å²) in [7, 11) is 0. The summed E-state index contributed by atoms with van der Waals surface area (Å²) in [5.41, 5.74) is 4.31. The molecule has 9 heteroatoms. The molecule has 0 aromatic heterocycles. The lowest BCUT2D eigenvalue weighted by Gasteiger charge is -2.32. The topological polar surface area (TPSA) is 108 Å². The molecule has 4 rings (SSSR count). The quantitative estimate of drug-likeness (QED) is 0.480. The van der Waals surface area contributed by atoms with Gasteiger partial charge in [0.15, 0.2) is 0 Å². The fourth-order valence-electron chi connectivity index (χ4n) is 4.71. The van der Waals surface area contributed by atoms with E-state index in [1.54, 1.807) is 17.0 Å². The third-order valence-corrected chi connectivity index (χ3v) is 6.94. The second-order valence-electron chi connectivity index (χ2n) is 9.34. The van der Waals surface area contributed by atoms with Crippen LogP contribution in [-0.2, 0) is 22.5 Å². The van der Waals surface area contributed by atoms with E-state index in [9.17, 15) is 14.4 Å². The van der Waals surface area contributed by atoms with Crippen molar-refractivity contribution in [3.63, 3.8) is 0 Å². The molecule has 1 aliphatic carbocycles. The number of carbonyl (C=O) groups is 3. The first kappa shape index (κ1) is 24.9. The molecule has 8 nitrogen and oxygen atoms in total. The number of hydrogen-bond acceptors (Lipinski definition) is 4. The lowest BCUT2D eigenvalue weighted by molar-refractivity contribution is -0.138. The first-order valence-electron chi connectivity index (χ1n) is 11.9. The zero-order chi connectivity index (χ0) is 24.9. The summed E-state index contributed by atoms with van der Waals surface area (Å²) < 4.78 is 5.71. The molecule has 35 heavy (non-hydrogen) atoms. The number of urea groups is 1. The molecule has 1 heterocycles. The maximum Gasteiger partial charge on any atom is 0.410 e. The third kappa shape index (κ3) is 6.66. The first-order chi connectivity index (χ1) is 16.8. The molecule has 1 aliphatic heterocycles. The van der Waals surface area contributed by atoms with Crippen LogP contribution in [0.25, 0.3) is 0 Å². The predicted octanol–water partition coefficient (Wildman–Crippen LogP) is 5.82. The van der Waals surface area contributed by atoms with Crippen molar-refractivity contribution in [2.75, 3.05) is 17.2 Å². The van der Waals surface area contributed by atoms with Gasteiger partial charge in [0.25, 0.3) is 0 Å². The number of amides is 3. The van der Waals surface area contributed by atoms with E-state index in [1.807, 2.05) is 31.2 Å². The summed E-state index contributed by atoms with van der Waals surface area (Å²) in [4.78, 5) is 37.7. The van der Waals surface area contributed by atoms with E-state index in [4.69, 9.17) is 21.4 Å². The molecular weight excluding hydrogens is 470 g/mol. The Balaban J connectivity index is 1.28. The molecule has 0 unspecified atom stereocenters. The molecule has 0 atom stereocenters. The number of nitrogens with zero attached hydrogens (tertiary/aromatic N) is 1. The largest absolute Gasteiger partial charge is 0.481 e. The number of anilines is 2. The number of nitrogens with one attached hydrogen (secondary N) is 2. The Morgan fingerprint density at radius 3 is 2.54 bits per heavy atom. The van der Waals surface area contributed by atoms with Crippen LogP contribution in [-0.4, -0.2) is 40.7 Å². The second-order valence-corrected chi connectivity index (χ2v) is 9.75. The van der Waals surface area contributed by atoms with Gasteiger partial charge in [0.05, 0.1) is 10.7 Å². The van der Waals surface area contributed by atoms with Crippen molar-refractivity contribution in [1.29, 1.82) is 0 Å². The number of ether oxygens (including phenoxy) is 1. The van der Waals surface area contributed by atoms with Crippen LogP contribution in [0.15, 0.2) is 36.4 Å². The standard InChI is InChI=1S/C26H30ClN3O5/c1-16-2-9-23(22(27)12-16)29-25(33)28-20-6-5-19-15-30(11-10-18(19)14-20)26(34)35-21-7-3-17(4-8-21)13-24(31)32/h2,5-6,9,12,14,17,21H,3-4,7-8,10-11,13,15H2,1H3,(H,31,32)(H2,28,29,33). The molecule has 0 saturated heterocycles. The molecular formula is C26H30ClN3O5. The highest BCUT2D eigenvalue weighted by atomic mass is 35.5. The fourth-order valence-corrected chi connectivity index (χ4v) is 4.99. The van der Waals surface area contributed by atoms with E-state index in [2.05, 4.69) is 10.6 Å². The Labute approximate surface area is 209 Å². The SMILES string of the molecule is Cc1ccc(NC(=O)Nc2ccc3c(c2)CCN(C(=O)OC2CCC(CC(=O)O)CC2)C3)c(Cl)c1. The molecule has 3 amide bonds. The Kier molecular flexibility index (Phi) is 7.80. The van der Waals surface area contributed by atoms with Crippen LogP contribution < -0.4 is 10.6 Å². The van der Waals surface area contributed by atoms with Gasteiger partial charge < -0.3 is 25.4 Å². The van der Waals surface area contributed by atoms with Gasteiger partial charge in [0.2, 0.25) is 0 Å². The number of benzene rings is 2. The molecule has 0 bridgehead atoms. The van der Waals surface area contributed by atoms with Crippen LogP contribution >= 0.6 is 11.6 Å². The zero-order valence-corrected chi connectivity index (χ0v) is 20.4. The number of aliphatic carboxylic acids is 1. The van der Waals surface area contributed by atoms with Gasteiger partial charge in [-0.05, 0) is 85.9 Å². The molecule has 1 saturated carbocycles. The van der Waals surface area contributed by atoms with Crippen LogP contribution in [0, 0.1) is 12.8 Å². The lowest BCUT2D eigenvalue weighted by Crippen LogP contribution is -2.39. The Morgan fingerprint density at radius 2 is 1.83 bits per heavy atom. The van der Waals surface area contributed by atoms with Gasteiger partial charge in [-0.1, -0.05) is 23.7 Å². The molecule has 2 aromatic rings. The third-order valence-electron chi connectivity index (χ3n) is 6.63. The van der Waals surface area contributed by atoms with Crippen LogP contribution in [0.2, 0.25) is 5.02 Å². The van der Waals surface area contributed by atoms with Gasteiger partial charge in [-0.15, -0.1) is 0 Å². The van der Waals surface area contributed by atoms with Crippen LogP contribution in [0.4, 0.5) is 21.0 Å². The van der Waals surface area contributed by atoms with E-state index in [0.29, 0.717) is 48.7 Å². The minimum Gasteiger partial charge on any atom is -0.481 e. The van der Waals surface area contributed by atoms with Crippen LogP contribution in [0.5, 0.6) is 0 Å². The van der Waals surface area contributed by atoms with Gasteiger partial charge in [0.1, 0.15) is 6.10 Å². The smallest absolute Gasteiger partial charge is 0.410 e. The maximum atomic E-state index is 12.7. The monoisotopic (exact) mass is 499 g/mol. The minimum absolute atomic E-state index is 0.152. The Morgan fingerprint density at radius 1 is 1.06 bits per heavy atom. The molecule has 0 radical (unpaired) electrons. The average Bonchev–Trinajstić information content (AvgIpc) is 2.81. The molecule has 1 fully saturated rings. The highest BCUT2D eigenvalue weighted by Crippen LogP contribution is 2.30. The summed E-state index contributed by atoms with van der Waals surface area (Å²) in [5, 5.41) is 15.0. The summed E-state index contributed by atoms with van der Waals surface area (Å²) in [6.45, 7) is 2.92. The van der Waals surface area contributed by atoms with Crippen LogP contribution in [0.3, 0.4) is 0 Å². The Hall–Kier alpha value is -3.26. The van der Waals surface area contributed by atoms with Gasteiger partial charge in [-0.25, -0.2) is 9.59 Å². The summed E-state index contributed by atoms with van der Waals surface area (Å²) in [5.74, 6) is -0.602. The zero-order valence-electron chi connectivity index (χ0n) is 19.7. The van der Waals surface area contributed by atoms with E-state index in [-0.39, 0.29) is 30.6 Å². The van der Waals surface area contributed by atoms with Gasteiger partial charge >= 0.3 is 18.1 Å². The van der Waals surface area contributed by atoms with Crippen molar-refractivity contribution in [2.24, 2.45) is 5.92 Å². The maximum absolute atomic E-state index is 12.7. The highest BCUT2D eigenvalue weighted by molar-refractivity contribution is 6.33. The van der Waals surface area contributed by atoms with Crippen LogP contribution in [0.1, 0.15) is 48.8 Å². The fraction of sp³-hybridized carbons (Fsp3) is 0.423. The van der Waals surface area contributed by atoms with Crippen molar-refractivity contribution >= 4 is 41.1 Å². The molecule has 2 aliphatic rings. The number of carboxylic acid groups (broad SMARTS) is 1. The number of aryl methyl sites for hydroxylation is 1. The van der Waals surface area contributed by atoms with Crippen molar-refractivity contribution in [3.8, 4) is 0 Å². The number of rotatable bonds is 5. The number of halogens is 1. The highest BCUT2D eigenvalue weighted by Gasteiger charge is 2.28. The molecule has 186 valence electrons. The second kappa shape index (κ2) is 11.0. The molecule has 2 aromatic carbocycles. The van der Waals surface area contributed by atoms with Gasteiger partial charge in [-0.3, -0.25) is 4.79 Å². The number of hydrogen-bond donors (Lipinski definition) is 3. The number of carbonyl (C=O) groups excluding carboxylic acids is 2. The van der Waals surface area contributed by atoms with E-state index < -0.39 is 5.97 Å². The normalized spacial score (nSPS) is 19.4. The summed E-state index contributed by atoms with van der Waals surface area (Å²) in [6.07, 6.45) is 3.32. The summed E-state index contributed by atoms with van der Waals surface area (Å²) in [6, 6.07) is 10.7. The summed E-state index contributed by atoms with van der Waals surface area (Å²) >= 11 is 6.19. The van der Waals surface area contributed by atoms with Gasteiger partial charge in [-0.2, -0.15) is 0 Å². The van der Waals surface area contributed by atoms with E-state index in [1.165, 1.54) is 0 Å². The molecule has 0 spiro atoms. The van der Waals surface area contributed by atoms with Gasteiger partial charge in [0, 0.05) is 25.2 Å². The predicted molar refractivity (Wildman–Crippen MR) is 134 cm³/mol. The Bertz CT molecular complexity index is 1110. The lowest BCUT2D eigenvalue weighted by atomic mass is 9.85. The van der Waals surface area contributed by atoms with E-state index in [0.717, 1.165) is 29.5 Å². The minimum atomic E-state index is -0.771. The number of fused-ring (bicyclic) bond motifs is 1. The number of carboxylic acids is 1. The first-order valence-corrected chi connectivity index (χ1v) is 12.3. The van der Waals surface area contributed by atoms with E-state index >= 15 is 0 Å². The van der Waals surface area contributed by atoms with Crippen molar-refractivity contribution in [2.45, 2.75) is 58.1 Å². The molecule has 3 N–H and O–H groups in total. The van der Waals surface area contributed by atoms with Crippen molar-refractivity contribution in [1.82, 2.24) is 4.90 Å².